The van der Waals surface area contributed by atoms with E-state index in [9.17, 15) is 4.57 Å². The van der Waals surface area contributed by atoms with Crippen LogP contribution in [0.1, 0.15) is 41.0 Å². The summed E-state index contributed by atoms with van der Waals surface area (Å²) in [7, 11) is 0. The van der Waals surface area contributed by atoms with Crippen molar-refractivity contribution in [2.45, 2.75) is 71.6 Å². The molecule has 0 aromatic heterocycles. The van der Waals surface area contributed by atoms with E-state index in [2.05, 4.69) is 4.85 Å². The summed E-state index contributed by atoms with van der Waals surface area (Å²) in [5, 5.41) is 0. The predicted molar refractivity (Wildman–Crippen MR) is 92.7 cm³/mol. The van der Waals surface area contributed by atoms with E-state index in [0.717, 1.165) is 11.4 Å². The number of rotatable bonds is 10. The largest absolute Gasteiger partial charge is 0.389 e. The molecule has 1 heterocycles. The van der Waals surface area contributed by atoms with Crippen LogP contribution in [0.3, 0.4) is 0 Å². The summed E-state index contributed by atoms with van der Waals surface area (Å²) < 4.78 is 35.8. The van der Waals surface area contributed by atoms with Crippen molar-refractivity contribution in [1.82, 2.24) is 0 Å². The maximum atomic E-state index is 13.0. The maximum absolute atomic E-state index is 13.0. The van der Waals surface area contributed by atoms with E-state index in [1.54, 1.807) is 0 Å². The second kappa shape index (κ2) is 10.0. The molecule has 0 amide bonds. The van der Waals surface area contributed by atoms with Gasteiger partial charge in [-0.3, -0.25) is 9.05 Å². The van der Waals surface area contributed by atoms with Crippen LogP contribution >= 0.6 is 18.2 Å². The summed E-state index contributed by atoms with van der Waals surface area (Å²) in [5.41, 5.74) is 0. The number of hydrogen-bond acceptors (Lipinski definition) is 6. The van der Waals surface area contributed by atoms with Gasteiger partial charge in [0.05, 0.1) is 36.8 Å². The van der Waals surface area contributed by atoms with Crippen LogP contribution in [0.4, 0.5) is 0 Å². The lowest BCUT2D eigenvalue weighted by Crippen LogP contribution is -2.30. The molecule has 0 aliphatic carbocycles. The Balaban J connectivity index is 2.71. The lowest BCUT2D eigenvalue weighted by molar-refractivity contribution is -0.0522. The highest BCUT2D eigenvalue weighted by atomic mass is 32.7. The highest BCUT2D eigenvalue weighted by molar-refractivity contribution is 8.55. The van der Waals surface area contributed by atoms with Crippen molar-refractivity contribution < 1.29 is 23.1 Å². The van der Waals surface area contributed by atoms with E-state index in [4.69, 9.17) is 25.1 Å². The van der Waals surface area contributed by atoms with E-state index < -0.39 is 6.80 Å². The Bertz CT molecular complexity index is 440. The molecule has 1 aliphatic rings. The first kappa shape index (κ1) is 21.0. The third kappa shape index (κ3) is 8.02. The van der Waals surface area contributed by atoms with Gasteiger partial charge < -0.3 is 14.3 Å². The Kier molecular flexibility index (Phi) is 9.13. The van der Waals surface area contributed by atoms with Crippen LogP contribution in [0.2, 0.25) is 0 Å². The molecule has 8 heteroatoms. The van der Waals surface area contributed by atoms with E-state index in [0.29, 0.717) is 18.8 Å². The van der Waals surface area contributed by atoms with E-state index in [1.165, 1.54) is 0 Å². The molecule has 1 aliphatic heterocycles. The normalized spacial score (nSPS) is 27.3. The van der Waals surface area contributed by atoms with Crippen LogP contribution in [0, 0.1) is 6.57 Å². The molecule has 1 unspecified atom stereocenters. The van der Waals surface area contributed by atoms with Gasteiger partial charge in [0, 0.05) is 6.42 Å². The zero-order valence-electron chi connectivity index (χ0n) is 14.6. The van der Waals surface area contributed by atoms with Gasteiger partial charge in [0.25, 0.3) is 0 Å². The zero-order chi connectivity index (χ0) is 17.5. The van der Waals surface area contributed by atoms with Crippen LogP contribution in [0.15, 0.2) is 0 Å². The molecule has 0 aromatic rings. The number of nitrogens with zero attached hydrogens (tertiary/aromatic N) is 1. The molecule has 0 aromatic carbocycles. The number of hydrogen-bond donors (Lipinski definition) is 0. The molecule has 1 fully saturated rings. The van der Waals surface area contributed by atoms with Crippen molar-refractivity contribution in [3.8, 4) is 0 Å². The van der Waals surface area contributed by atoms with E-state index in [-0.39, 0.29) is 37.1 Å². The van der Waals surface area contributed by atoms with Crippen molar-refractivity contribution in [3.63, 3.8) is 0 Å². The SMILES string of the molecule is [C-]#[N+]CCSP(=O)(OC(C)C)O[C@@H]1C[C@H](C)O[C@@H]1COC(C)C. The fourth-order valence-electron chi connectivity index (χ4n) is 2.17. The highest BCUT2D eigenvalue weighted by Crippen LogP contribution is 2.63. The first-order valence-electron chi connectivity index (χ1n) is 7.97. The summed E-state index contributed by atoms with van der Waals surface area (Å²) in [6.07, 6.45) is -0.0115. The first-order valence-corrected chi connectivity index (χ1v) is 11.1. The van der Waals surface area contributed by atoms with Gasteiger partial charge in [-0.25, -0.2) is 11.1 Å². The van der Waals surface area contributed by atoms with Crippen LogP contribution in [-0.4, -0.2) is 49.4 Å². The average Bonchev–Trinajstić information content (AvgIpc) is 2.75. The lowest BCUT2D eigenvalue weighted by atomic mass is 10.1. The Morgan fingerprint density at radius 3 is 2.61 bits per heavy atom. The standard InChI is InChI=1S/C15H28NO5PS/c1-11(2)18-10-15-14(9-13(5)19-15)21-22(17,20-12(3)4)23-8-7-16-6/h11-15H,7-10H2,1-5H3/t13-,14+,15+,22?/m0/s1. The van der Waals surface area contributed by atoms with Gasteiger partial charge in [-0.05, 0) is 46.0 Å². The molecular formula is C15H28NO5PS. The molecule has 4 atom stereocenters. The Hall–Kier alpha value is -0.0900. The molecule has 23 heavy (non-hydrogen) atoms. The molecule has 0 spiro atoms. The molecule has 0 N–H and O–H groups in total. The topological polar surface area (TPSA) is 58.4 Å². The summed E-state index contributed by atoms with van der Waals surface area (Å²) in [6.45, 7) is 13.7. The van der Waals surface area contributed by atoms with Crippen LogP contribution in [0.5, 0.6) is 0 Å². The molecule has 6 nitrogen and oxygen atoms in total. The molecule has 0 radical (unpaired) electrons. The molecule has 0 bridgehead atoms. The molecule has 134 valence electrons. The Morgan fingerprint density at radius 1 is 1.35 bits per heavy atom. The average molecular weight is 365 g/mol. The Morgan fingerprint density at radius 2 is 2.04 bits per heavy atom. The van der Waals surface area contributed by atoms with Gasteiger partial charge in [-0.15, -0.1) is 0 Å². The second-order valence-electron chi connectivity index (χ2n) is 6.06. The minimum Gasteiger partial charge on any atom is -0.376 e. The van der Waals surface area contributed by atoms with Crippen LogP contribution < -0.4 is 0 Å². The highest BCUT2D eigenvalue weighted by Gasteiger charge is 2.40. The zero-order valence-corrected chi connectivity index (χ0v) is 16.3. The minimum atomic E-state index is -3.33. The van der Waals surface area contributed by atoms with Crippen molar-refractivity contribution in [1.29, 1.82) is 0 Å². The monoisotopic (exact) mass is 365 g/mol. The van der Waals surface area contributed by atoms with Gasteiger partial charge in [-0.2, -0.15) is 0 Å². The van der Waals surface area contributed by atoms with E-state index >= 15 is 0 Å². The first-order chi connectivity index (χ1) is 10.8. The van der Waals surface area contributed by atoms with Crippen molar-refractivity contribution in [3.05, 3.63) is 11.4 Å². The molecular weight excluding hydrogens is 337 g/mol. The summed E-state index contributed by atoms with van der Waals surface area (Å²) in [6, 6.07) is 0. The van der Waals surface area contributed by atoms with Crippen molar-refractivity contribution in [2.24, 2.45) is 0 Å². The van der Waals surface area contributed by atoms with Crippen molar-refractivity contribution >= 4 is 18.2 Å². The Labute approximate surface area is 143 Å². The quantitative estimate of drug-likeness (QED) is 0.329. The second-order valence-corrected chi connectivity index (χ2v) is 10.2. The van der Waals surface area contributed by atoms with Gasteiger partial charge >= 0.3 is 6.80 Å². The fraction of sp³-hybridized carbons (Fsp3) is 0.933. The van der Waals surface area contributed by atoms with Crippen LogP contribution in [0.25, 0.3) is 4.85 Å². The minimum absolute atomic E-state index is 0.0292. The van der Waals surface area contributed by atoms with Gasteiger partial charge in [-0.1, -0.05) is 0 Å². The van der Waals surface area contributed by atoms with Gasteiger partial charge in [0.2, 0.25) is 6.54 Å². The number of ether oxygens (including phenoxy) is 2. The molecule has 0 saturated carbocycles. The van der Waals surface area contributed by atoms with Crippen LogP contribution in [-0.2, 0) is 23.1 Å². The fourth-order valence-corrected chi connectivity index (χ4v) is 5.94. The third-order valence-corrected chi connectivity index (χ3v) is 6.94. The smallest absolute Gasteiger partial charge is 0.376 e. The third-order valence-electron chi connectivity index (χ3n) is 3.04. The van der Waals surface area contributed by atoms with Gasteiger partial charge in [0.15, 0.2) is 0 Å². The molecule has 1 rings (SSSR count). The van der Waals surface area contributed by atoms with Crippen molar-refractivity contribution in [2.75, 3.05) is 18.9 Å². The maximum Gasteiger partial charge on any atom is 0.389 e. The lowest BCUT2D eigenvalue weighted by Gasteiger charge is -2.25. The summed E-state index contributed by atoms with van der Waals surface area (Å²) >= 11 is 1.09. The van der Waals surface area contributed by atoms with Gasteiger partial charge in [0.1, 0.15) is 6.10 Å². The summed E-state index contributed by atoms with van der Waals surface area (Å²) in [4.78, 5) is 3.28. The predicted octanol–water partition coefficient (Wildman–Crippen LogP) is 4.16. The summed E-state index contributed by atoms with van der Waals surface area (Å²) in [5.74, 6) is 0.420. The van der Waals surface area contributed by atoms with E-state index in [1.807, 2.05) is 34.6 Å². The molecule has 1 saturated heterocycles.